The number of hydrogen-bond donors (Lipinski definition) is 12. The van der Waals surface area contributed by atoms with Gasteiger partial charge in [0.05, 0.1) is 37.9 Å². The van der Waals surface area contributed by atoms with Crippen molar-refractivity contribution in [1.82, 2.24) is 0 Å². The van der Waals surface area contributed by atoms with Crippen molar-refractivity contribution in [3.05, 3.63) is 11.6 Å². The third-order valence-electron chi connectivity index (χ3n) is 19.5. The van der Waals surface area contributed by atoms with Crippen LogP contribution < -0.4 is 0 Å². The maximum atomic E-state index is 14.7. The number of carbonyl (C=O) groups is 1. The molecule has 19 heteroatoms. The van der Waals surface area contributed by atoms with Crippen LogP contribution >= 0.6 is 0 Å². The summed E-state index contributed by atoms with van der Waals surface area (Å²) in [5.74, 6) is -0.601. The van der Waals surface area contributed by atoms with Crippen LogP contribution in [0.3, 0.4) is 0 Å². The van der Waals surface area contributed by atoms with Crippen LogP contribution in [0.5, 0.6) is 0 Å². The average Bonchev–Trinajstić information content (AvgIpc) is 3.29. The van der Waals surface area contributed by atoms with Crippen LogP contribution in [-0.2, 0) is 33.2 Å². The highest BCUT2D eigenvalue weighted by Crippen LogP contribution is 2.76. The van der Waals surface area contributed by atoms with Gasteiger partial charge in [0.25, 0.3) is 0 Å². The van der Waals surface area contributed by atoms with Gasteiger partial charge in [0.2, 0.25) is 6.29 Å². The smallest absolute Gasteiger partial charge is 0.315 e. The van der Waals surface area contributed by atoms with Crippen LogP contribution in [-0.4, -0.2) is 192 Å². The molecule has 0 aromatic rings. The largest absolute Gasteiger partial charge is 0.432 e. The first kappa shape index (κ1) is 51.9. The summed E-state index contributed by atoms with van der Waals surface area (Å²) < 4.78 is 35.6. The second-order valence-electron chi connectivity index (χ2n) is 23.3. The van der Waals surface area contributed by atoms with Gasteiger partial charge in [-0.2, -0.15) is 0 Å². The predicted octanol–water partition coefficient (Wildman–Crippen LogP) is -0.887. The molecule has 12 N–H and O–H groups in total. The summed E-state index contributed by atoms with van der Waals surface area (Å²) in [6.07, 6.45) is -15.3. The molecule has 3 aliphatic heterocycles. The molecule has 3 saturated heterocycles. The van der Waals surface area contributed by atoms with E-state index in [2.05, 4.69) is 40.7 Å². The number of hydrogen-bond acceptors (Lipinski definition) is 19. The van der Waals surface area contributed by atoms with Crippen LogP contribution in [0.25, 0.3) is 0 Å². The first-order valence-electron chi connectivity index (χ1n) is 24.5. The Bertz CT molecular complexity index is 1810. The van der Waals surface area contributed by atoms with E-state index >= 15 is 0 Å². The van der Waals surface area contributed by atoms with Crippen molar-refractivity contribution in [2.75, 3.05) is 26.4 Å². The normalized spacial score (nSPS) is 54.1. The number of ether oxygens (including phenoxy) is 6. The molecule has 4 saturated carbocycles. The molecule has 384 valence electrons. The van der Waals surface area contributed by atoms with Crippen molar-refractivity contribution >= 4 is 5.97 Å². The standard InChI is InChI=1S/C48H78O19/c1-43(2)13-15-48(42(61)67-40-36(59)34(57)31(54)25(19-50)63-40)16-14-46(5)22(23(48)17-43)7-8-28-44(3)11-10-29(45(4,21-52)27(44)9-12-47(28,46)6)65-41-37(60)38(32(55)26(20-51)64-41)66-39-35(58)33(56)30(53)24(18-49)62-39/h7,23-41,49-60H,8-21H2,1-6H3/t23-,24+,25+,26+,27+,28+,29-,30-,31+,32+,33-,34-,35+,36+,37+,38-,39-,40+,41+,44-,45-,46+,47+,48-/m0/s1. The zero-order chi connectivity index (χ0) is 49.0. The van der Waals surface area contributed by atoms with Crippen LogP contribution in [0.1, 0.15) is 106 Å². The molecular weight excluding hydrogens is 881 g/mol. The molecule has 0 unspecified atom stereocenters. The van der Waals surface area contributed by atoms with E-state index in [0.717, 1.165) is 32.1 Å². The van der Waals surface area contributed by atoms with Crippen molar-refractivity contribution in [3.63, 3.8) is 0 Å². The van der Waals surface area contributed by atoms with Gasteiger partial charge in [-0.1, -0.05) is 53.2 Å². The third kappa shape index (κ3) is 8.10. The Labute approximate surface area is 392 Å². The molecule has 0 radical (unpaired) electrons. The number of carbonyl (C=O) groups excluding carboxylic acids is 1. The van der Waals surface area contributed by atoms with Gasteiger partial charge in [-0.05, 0) is 104 Å². The van der Waals surface area contributed by atoms with Crippen molar-refractivity contribution in [2.24, 2.45) is 50.2 Å². The fraction of sp³-hybridized carbons (Fsp3) is 0.938. The minimum atomic E-state index is -1.82. The second kappa shape index (κ2) is 18.5. The molecule has 19 nitrogen and oxygen atoms in total. The van der Waals surface area contributed by atoms with E-state index in [0.29, 0.717) is 32.1 Å². The number of allylic oxidation sites excluding steroid dienone is 2. The quantitative estimate of drug-likeness (QED) is 0.0718. The Morgan fingerprint density at radius 2 is 1.16 bits per heavy atom. The van der Waals surface area contributed by atoms with E-state index in [4.69, 9.17) is 28.4 Å². The van der Waals surface area contributed by atoms with E-state index in [-0.39, 0.29) is 46.0 Å². The highest BCUT2D eigenvalue weighted by molar-refractivity contribution is 5.79. The topological polar surface area (TPSA) is 315 Å². The van der Waals surface area contributed by atoms with Crippen LogP contribution in [0.2, 0.25) is 0 Å². The summed E-state index contributed by atoms with van der Waals surface area (Å²) in [6, 6.07) is 0. The van der Waals surface area contributed by atoms with Gasteiger partial charge in [-0.25, -0.2) is 0 Å². The fourth-order valence-corrected chi connectivity index (χ4v) is 15.1. The monoisotopic (exact) mass is 959 g/mol. The number of aliphatic hydroxyl groups excluding tert-OH is 12. The highest BCUT2D eigenvalue weighted by Gasteiger charge is 2.70. The van der Waals surface area contributed by atoms with Gasteiger partial charge in [0.1, 0.15) is 73.2 Å². The lowest BCUT2D eigenvalue weighted by Gasteiger charge is -2.71. The molecule has 24 atom stereocenters. The fourth-order valence-electron chi connectivity index (χ4n) is 15.1. The molecule has 0 aromatic heterocycles. The average molecular weight is 959 g/mol. The maximum absolute atomic E-state index is 14.7. The summed E-state index contributed by atoms with van der Waals surface area (Å²) in [5.41, 5.74) is -1.49. The van der Waals surface area contributed by atoms with E-state index in [1.807, 2.05) is 6.92 Å². The molecule has 0 aromatic carbocycles. The maximum Gasteiger partial charge on any atom is 0.315 e. The third-order valence-corrected chi connectivity index (χ3v) is 19.5. The van der Waals surface area contributed by atoms with Gasteiger partial charge >= 0.3 is 5.97 Å². The van der Waals surface area contributed by atoms with E-state index in [1.165, 1.54) is 5.57 Å². The molecule has 5 aliphatic carbocycles. The summed E-state index contributed by atoms with van der Waals surface area (Å²) in [5, 5.41) is 127. The number of fused-ring (bicyclic) bond motifs is 7. The summed E-state index contributed by atoms with van der Waals surface area (Å²) in [7, 11) is 0. The van der Waals surface area contributed by atoms with Crippen LogP contribution in [0.4, 0.5) is 0 Å². The summed E-state index contributed by atoms with van der Waals surface area (Å²) >= 11 is 0. The number of aliphatic hydroxyl groups is 12. The van der Waals surface area contributed by atoms with Crippen molar-refractivity contribution < 1.29 is 94.5 Å². The Balaban J connectivity index is 1.04. The van der Waals surface area contributed by atoms with Gasteiger partial charge in [-0.15, -0.1) is 0 Å². The van der Waals surface area contributed by atoms with Gasteiger partial charge in [0.15, 0.2) is 12.6 Å². The minimum absolute atomic E-state index is 0.0636. The Morgan fingerprint density at radius 1 is 0.612 bits per heavy atom. The molecule has 0 bridgehead atoms. The highest BCUT2D eigenvalue weighted by atomic mass is 16.7. The predicted molar refractivity (Wildman–Crippen MR) is 232 cm³/mol. The Morgan fingerprint density at radius 3 is 1.76 bits per heavy atom. The van der Waals surface area contributed by atoms with Crippen molar-refractivity contribution in [3.8, 4) is 0 Å². The molecule has 8 aliphatic rings. The second-order valence-corrected chi connectivity index (χ2v) is 23.3. The number of rotatable bonds is 10. The molecule has 3 heterocycles. The van der Waals surface area contributed by atoms with E-state index in [1.54, 1.807) is 0 Å². The Kier molecular flexibility index (Phi) is 14.4. The molecule has 67 heavy (non-hydrogen) atoms. The van der Waals surface area contributed by atoms with E-state index < -0.39 is 135 Å². The van der Waals surface area contributed by atoms with Crippen molar-refractivity contribution in [2.45, 2.75) is 204 Å². The summed E-state index contributed by atoms with van der Waals surface area (Å²) in [6.45, 7) is 11.2. The van der Waals surface area contributed by atoms with Gasteiger partial charge < -0.3 is 89.7 Å². The molecule has 0 amide bonds. The van der Waals surface area contributed by atoms with Crippen LogP contribution in [0, 0.1) is 50.2 Å². The first-order chi connectivity index (χ1) is 31.4. The molecule has 0 spiro atoms. The van der Waals surface area contributed by atoms with Crippen LogP contribution in [0.15, 0.2) is 11.6 Å². The Hall–Kier alpha value is -1.47. The van der Waals surface area contributed by atoms with Gasteiger partial charge in [-0.3, -0.25) is 4.79 Å². The lowest BCUT2D eigenvalue weighted by molar-refractivity contribution is -0.370. The number of esters is 1. The first-order valence-corrected chi connectivity index (χ1v) is 24.5. The SMILES string of the molecule is CC1(C)CC[C@]2(C(=O)O[C@H]3O[C@H](CO)[C@@H](O)[C@H](O)[C@H]3O)CC[C@]3(C)C(=CC[C@@H]4[C@@]5(C)CC[C@H](O[C@H]6O[C@H](CO)[C@@H](O)[C@H](O[C@@H]7O[C@H](CO)[C@H](O)[C@H](O)[C@H]7O)[C@H]6O)[C@@](C)(CO)[C@@H]5CC[C@]43C)[C@@H]2C1. The molecular formula is C48H78O19. The molecule has 7 fully saturated rings. The lowest BCUT2D eigenvalue weighted by Crippen LogP contribution is -2.67. The summed E-state index contributed by atoms with van der Waals surface area (Å²) in [4.78, 5) is 14.7. The van der Waals surface area contributed by atoms with Gasteiger partial charge in [0, 0.05) is 5.41 Å². The lowest BCUT2D eigenvalue weighted by atomic mass is 9.33. The zero-order valence-electron chi connectivity index (χ0n) is 39.7. The minimum Gasteiger partial charge on any atom is -0.432 e. The zero-order valence-corrected chi connectivity index (χ0v) is 39.7. The molecule has 8 rings (SSSR count). The van der Waals surface area contributed by atoms with Crippen molar-refractivity contribution in [1.29, 1.82) is 0 Å². The van der Waals surface area contributed by atoms with E-state index in [9.17, 15) is 66.1 Å².